The monoisotopic (exact) mass is 371 g/mol. The number of carbonyl (C=O) groups is 1. The lowest BCUT2D eigenvalue weighted by Crippen LogP contribution is -2.04. The van der Waals surface area contributed by atoms with Crippen LogP contribution in [0.1, 0.15) is 10.3 Å². The number of nitrogens with zero attached hydrogens (tertiary/aromatic N) is 1. The maximum absolute atomic E-state index is 11.3. The van der Waals surface area contributed by atoms with Crippen LogP contribution in [0.2, 0.25) is 0 Å². The van der Waals surface area contributed by atoms with Gasteiger partial charge in [-0.2, -0.15) is 12.6 Å². The highest BCUT2D eigenvalue weighted by Gasteiger charge is 2.24. The first-order chi connectivity index (χ1) is 12.1. The molecule has 2 heterocycles. The molecule has 0 saturated carbocycles. The third-order valence-electron chi connectivity index (χ3n) is 3.79. The van der Waals surface area contributed by atoms with E-state index in [1.807, 2.05) is 48.5 Å². The van der Waals surface area contributed by atoms with Gasteiger partial charge in [0.15, 0.2) is 16.7 Å². The van der Waals surface area contributed by atoms with Crippen LogP contribution < -0.4 is 9.47 Å². The SMILES string of the molecule is O=C(O)C(S)c1nc(-c2ccccc2)c(-c2ccc3c(c2)OCO3)s1. The summed E-state index contributed by atoms with van der Waals surface area (Å²) in [6, 6.07) is 15.3. The third kappa shape index (κ3) is 2.96. The van der Waals surface area contributed by atoms with Gasteiger partial charge in [0.25, 0.3) is 0 Å². The van der Waals surface area contributed by atoms with Crippen molar-refractivity contribution >= 4 is 29.9 Å². The number of aliphatic carboxylic acids is 1. The van der Waals surface area contributed by atoms with Crippen LogP contribution in [0.25, 0.3) is 21.7 Å². The lowest BCUT2D eigenvalue weighted by molar-refractivity contribution is -0.136. The van der Waals surface area contributed by atoms with Gasteiger partial charge in [-0.15, -0.1) is 11.3 Å². The molecule has 0 saturated heterocycles. The molecule has 25 heavy (non-hydrogen) atoms. The molecule has 0 radical (unpaired) electrons. The summed E-state index contributed by atoms with van der Waals surface area (Å²) in [5, 5.41) is 8.74. The molecule has 1 atom stereocenters. The average molecular weight is 371 g/mol. The second-order valence-corrected chi connectivity index (χ2v) is 6.95. The summed E-state index contributed by atoms with van der Waals surface area (Å²) in [5.74, 6) is 0.355. The van der Waals surface area contributed by atoms with Crippen molar-refractivity contribution in [3.63, 3.8) is 0 Å². The second-order valence-electron chi connectivity index (χ2n) is 5.40. The molecule has 7 heteroatoms. The molecule has 0 spiro atoms. The van der Waals surface area contributed by atoms with Gasteiger partial charge in [0.2, 0.25) is 6.79 Å². The quantitative estimate of drug-likeness (QED) is 0.671. The zero-order valence-corrected chi connectivity index (χ0v) is 14.6. The maximum Gasteiger partial charge on any atom is 0.323 e. The van der Waals surface area contributed by atoms with Crippen LogP contribution in [-0.4, -0.2) is 22.9 Å². The Balaban J connectivity index is 1.86. The molecular weight excluding hydrogens is 358 g/mol. The van der Waals surface area contributed by atoms with Crippen LogP contribution in [0.4, 0.5) is 0 Å². The van der Waals surface area contributed by atoms with E-state index in [1.165, 1.54) is 11.3 Å². The van der Waals surface area contributed by atoms with Crippen molar-refractivity contribution in [3.05, 3.63) is 53.5 Å². The van der Waals surface area contributed by atoms with E-state index in [1.54, 1.807) is 0 Å². The van der Waals surface area contributed by atoms with Crippen LogP contribution in [0, 0.1) is 0 Å². The molecule has 126 valence electrons. The Bertz CT molecular complexity index is 940. The van der Waals surface area contributed by atoms with E-state index in [2.05, 4.69) is 17.6 Å². The van der Waals surface area contributed by atoms with E-state index < -0.39 is 11.2 Å². The molecule has 4 rings (SSSR count). The van der Waals surface area contributed by atoms with E-state index in [0.717, 1.165) is 21.7 Å². The summed E-state index contributed by atoms with van der Waals surface area (Å²) in [6.07, 6.45) is 0. The van der Waals surface area contributed by atoms with Crippen molar-refractivity contribution in [3.8, 4) is 33.2 Å². The highest BCUT2D eigenvalue weighted by molar-refractivity contribution is 7.81. The van der Waals surface area contributed by atoms with Crippen LogP contribution in [-0.2, 0) is 4.79 Å². The Morgan fingerprint density at radius 3 is 2.64 bits per heavy atom. The number of thiazole rings is 1. The fourth-order valence-electron chi connectivity index (χ4n) is 2.58. The van der Waals surface area contributed by atoms with Gasteiger partial charge < -0.3 is 14.6 Å². The van der Waals surface area contributed by atoms with Crippen LogP contribution in [0.15, 0.2) is 48.5 Å². The van der Waals surface area contributed by atoms with E-state index in [-0.39, 0.29) is 6.79 Å². The van der Waals surface area contributed by atoms with E-state index >= 15 is 0 Å². The minimum atomic E-state index is -1.02. The third-order valence-corrected chi connectivity index (χ3v) is 5.60. The number of carboxylic acid groups (broad SMARTS) is 1. The molecule has 1 unspecified atom stereocenters. The standard InChI is InChI=1S/C18H13NO4S2/c20-18(21)15(24)17-19-14(10-4-2-1-3-5-10)16(25-17)11-6-7-12-13(8-11)23-9-22-12/h1-8,15,24H,9H2,(H,20,21). The van der Waals surface area contributed by atoms with Crippen molar-refractivity contribution in [1.29, 1.82) is 0 Å². The molecule has 0 fully saturated rings. The summed E-state index contributed by atoms with van der Waals surface area (Å²) in [5.41, 5.74) is 2.56. The molecule has 3 aromatic rings. The summed E-state index contributed by atoms with van der Waals surface area (Å²) >= 11 is 5.49. The van der Waals surface area contributed by atoms with Crippen LogP contribution >= 0.6 is 24.0 Å². The van der Waals surface area contributed by atoms with E-state index in [9.17, 15) is 9.90 Å². The molecule has 0 aliphatic carbocycles. The van der Waals surface area contributed by atoms with Gasteiger partial charge in [-0.05, 0) is 23.8 Å². The highest BCUT2D eigenvalue weighted by atomic mass is 32.1. The molecule has 1 aromatic heterocycles. The minimum Gasteiger partial charge on any atom is -0.480 e. The largest absolute Gasteiger partial charge is 0.480 e. The normalized spacial score (nSPS) is 13.6. The molecular formula is C18H13NO4S2. The predicted molar refractivity (Wildman–Crippen MR) is 98.5 cm³/mol. The maximum atomic E-state index is 11.3. The summed E-state index contributed by atoms with van der Waals surface area (Å²) in [4.78, 5) is 16.7. The van der Waals surface area contributed by atoms with Crippen molar-refractivity contribution in [1.82, 2.24) is 4.98 Å². The van der Waals surface area contributed by atoms with Crippen LogP contribution in [0.3, 0.4) is 0 Å². The topological polar surface area (TPSA) is 68.7 Å². The molecule has 0 bridgehead atoms. The lowest BCUT2D eigenvalue weighted by atomic mass is 10.1. The first kappa shape index (κ1) is 16.0. The van der Waals surface area contributed by atoms with E-state index in [0.29, 0.717) is 16.5 Å². The second kappa shape index (κ2) is 6.42. The van der Waals surface area contributed by atoms with Crippen molar-refractivity contribution in [2.45, 2.75) is 5.25 Å². The number of fused-ring (bicyclic) bond motifs is 1. The van der Waals surface area contributed by atoms with Crippen molar-refractivity contribution < 1.29 is 19.4 Å². The zero-order valence-electron chi connectivity index (χ0n) is 12.9. The van der Waals surface area contributed by atoms with Gasteiger partial charge in [-0.3, -0.25) is 4.79 Å². The Morgan fingerprint density at radius 2 is 1.88 bits per heavy atom. The van der Waals surface area contributed by atoms with Crippen molar-refractivity contribution in [2.24, 2.45) is 0 Å². The first-order valence-corrected chi connectivity index (χ1v) is 8.84. The van der Waals surface area contributed by atoms with Gasteiger partial charge in [-0.1, -0.05) is 30.3 Å². The fourth-order valence-corrected chi connectivity index (χ4v) is 3.86. The molecule has 1 aliphatic rings. The number of thiol groups is 1. The van der Waals surface area contributed by atoms with Gasteiger partial charge in [0.05, 0.1) is 10.6 Å². The zero-order chi connectivity index (χ0) is 17.4. The Labute approximate surface area is 153 Å². The van der Waals surface area contributed by atoms with Gasteiger partial charge in [0.1, 0.15) is 5.01 Å². The average Bonchev–Trinajstić information content (AvgIpc) is 3.28. The van der Waals surface area contributed by atoms with E-state index in [4.69, 9.17) is 9.47 Å². The first-order valence-electron chi connectivity index (χ1n) is 7.50. The molecule has 1 aliphatic heterocycles. The van der Waals surface area contributed by atoms with Crippen molar-refractivity contribution in [2.75, 3.05) is 6.79 Å². The number of rotatable bonds is 4. The Kier molecular flexibility index (Phi) is 4.10. The Morgan fingerprint density at radius 1 is 1.12 bits per heavy atom. The molecule has 0 amide bonds. The number of benzene rings is 2. The van der Waals surface area contributed by atoms with Crippen LogP contribution in [0.5, 0.6) is 11.5 Å². The molecule has 2 aromatic carbocycles. The summed E-state index contributed by atoms with van der Waals surface area (Å²) in [6.45, 7) is 0.204. The lowest BCUT2D eigenvalue weighted by Gasteiger charge is -2.04. The number of hydrogen-bond donors (Lipinski definition) is 2. The fraction of sp³-hybridized carbons (Fsp3) is 0.111. The Hall–Kier alpha value is -2.51. The highest BCUT2D eigenvalue weighted by Crippen LogP contribution is 2.43. The number of ether oxygens (including phenoxy) is 2. The number of carboxylic acids is 1. The predicted octanol–water partition coefficient (Wildman–Crippen LogP) is 4.26. The van der Waals surface area contributed by atoms with Gasteiger partial charge in [-0.25, -0.2) is 4.98 Å². The van der Waals surface area contributed by atoms with Gasteiger partial charge in [0, 0.05) is 5.56 Å². The molecule has 1 N–H and O–H groups in total. The number of aromatic nitrogens is 1. The summed E-state index contributed by atoms with van der Waals surface area (Å²) < 4.78 is 10.8. The van der Waals surface area contributed by atoms with Gasteiger partial charge >= 0.3 is 5.97 Å². The molecule has 5 nitrogen and oxygen atoms in total. The minimum absolute atomic E-state index is 0.204. The summed E-state index contributed by atoms with van der Waals surface area (Å²) in [7, 11) is 0. The smallest absolute Gasteiger partial charge is 0.323 e. The number of hydrogen-bond acceptors (Lipinski definition) is 6.